The molecule has 2 N–H and O–H groups in total. The van der Waals surface area contributed by atoms with Gasteiger partial charge in [-0.05, 0) is 37.1 Å². The lowest BCUT2D eigenvalue weighted by atomic mass is 10.1. The molecule has 84 valence electrons. The van der Waals surface area contributed by atoms with E-state index in [9.17, 15) is 4.79 Å². The molecular weight excluding hydrogens is 202 g/mol. The summed E-state index contributed by atoms with van der Waals surface area (Å²) < 4.78 is 0. The topological polar surface area (TPSA) is 49.3 Å². The van der Waals surface area contributed by atoms with E-state index in [1.807, 2.05) is 18.2 Å². The summed E-state index contributed by atoms with van der Waals surface area (Å²) in [5, 5.41) is 12.1. The Bertz CT molecular complexity index is 389. The molecule has 0 aromatic heterocycles. The Morgan fingerprint density at radius 2 is 2.12 bits per heavy atom. The van der Waals surface area contributed by atoms with E-state index in [0.717, 1.165) is 12.1 Å². The molecule has 16 heavy (non-hydrogen) atoms. The van der Waals surface area contributed by atoms with Gasteiger partial charge in [-0.15, -0.1) is 0 Å². The van der Waals surface area contributed by atoms with E-state index in [-0.39, 0.29) is 0 Å². The normalized spacial score (nSPS) is 20.4. The van der Waals surface area contributed by atoms with E-state index < -0.39 is 5.97 Å². The van der Waals surface area contributed by atoms with Crippen molar-refractivity contribution in [2.24, 2.45) is 0 Å². The summed E-state index contributed by atoms with van der Waals surface area (Å²) in [7, 11) is 0. The first-order chi connectivity index (χ1) is 7.75. The maximum absolute atomic E-state index is 10.7. The number of carboxylic acid groups (broad SMARTS) is 1. The van der Waals surface area contributed by atoms with Crippen molar-refractivity contribution in [3.8, 4) is 0 Å². The predicted octanol–water partition coefficient (Wildman–Crippen LogP) is 2.15. The fourth-order valence-electron chi connectivity index (χ4n) is 1.84. The molecule has 1 aliphatic heterocycles. The van der Waals surface area contributed by atoms with Crippen LogP contribution in [0.4, 0.5) is 0 Å². The maximum Gasteiger partial charge on any atom is 0.335 e. The summed E-state index contributed by atoms with van der Waals surface area (Å²) in [5.41, 5.74) is 1.37. The molecule has 2 rings (SSSR count). The molecule has 0 saturated carbocycles. The predicted molar refractivity (Wildman–Crippen MR) is 63.5 cm³/mol. The lowest BCUT2D eigenvalue weighted by molar-refractivity contribution is 0.0697. The average molecular weight is 217 g/mol. The van der Waals surface area contributed by atoms with E-state index in [4.69, 9.17) is 5.11 Å². The molecular formula is C13H15NO2. The smallest absolute Gasteiger partial charge is 0.335 e. The second-order valence-electron chi connectivity index (χ2n) is 3.99. The van der Waals surface area contributed by atoms with Gasteiger partial charge in [0.05, 0.1) is 5.56 Å². The van der Waals surface area contributed by atoms with Crippen molar-refractivity contribution in [2.75, 3.05) is 6.54 Å². The van der Waals surface area contributed by atoms with Crippen LogP contribution < -0.4 is 5.32 Å². The molecule has 0 spiro atoms. The van der Waals surface area contributed by atoms with Gasteiger partial charge in [0.15, 0.2) is 0 Å². The molecule has 1 heterocycles. The highest BCUT2D eigenvalue weighted by Crippen LogP contribution is 2.10. The number of benzene rings is 1. The maximum atomic E-state index is 10.7. The molecule has 1 aromatic rings. The number of rotatable bonds is 3. The van der Waals surface area contributed by atoms with Crippen molar-refractivity contribution in [3.63, 3.8) is 0 Å². The highest BCUT2D eigenvalue weighted by Gasteiger charge is 2.09. The van der Waals surface area contributed by atoms with Crippen LogP contribution in [0.5, 0.6) is 0 Å². The van der Waals surface area contributed by atoms with Crippen LogP contribution in [0.1, 0.15) is 28.8 Å². The van der Waals surface area contributed by atoms with Crippen molar-refractivity contribution >= 4 is 12.0 Å². The van der Waals surface area contributed by atoms with Crippen molar-refractivity contribution < 1.29 is 9.90 Å². The number of hydrogen-bond acceptors (Lipinski definition) is 2. The Kier molecular flexibility index (Phi) is 3.37. The summed E-state index contributed by atoms with van der Waals surface area (Å²) in [5.74, 6) is -0.881. The minimum Gasteiger partial charge on any atom is -0.478 e. The lowest BCUT2D eigenvalue weighted by Gasteiger charge is -2.02. The number of nitrogens with one attached hydrogen (secondary N) is 1. The number of hydrogen-bond donors (Lipinski definition) is 2. The van der Waals surface area contributed by atoms with Gasteiger partial charge in [0.1, 0.15) is 0 Å². The SMILES string of the molecule is O=C(O)c1ccc(C=CC2CCCN2)cc1. The van der Waals surface area contributed by atoms with Gasteiger partial charge in [0.2, 0.25) is 0 Å². The van der Waals surface area contributed by atoms with Crippen LogP contribution in [0.25, 0.3) is 6.08 Å². The molecule has 0 amide bonds. The van der Waals surface area contributed by atoms with E-state index in [1.54, 1.807) is 12.1 Å². The lowest BCUT2D eigenvalue weighted by Crippen LogP contribution is -2.17. The fraction of sp³-hybridized carbons (Fsp3) is 0.308. The molecule has 1 aromatic carbocycles. The third-order valence-corrected chi connectivity index (χ3v) is 2.78. The molecule has 3 nitrogen and oxygen atoms in total. The van der Waals surface area contributed by atoms with E-state index in [0.29, 0.717) is 11.6 Å². The minimum absolute atomic E-state index is 0.330. The fourth-order valence-corrected chi connectivity index (χ4v) is 1.84. The Morgan fingerprint density at radius 1 is 1.38 bits per heavy atom. The van der Waals surface area contributed by atoms with Crippen LogP contribution in [0.3, 0.4) is 0 Å². The first-order valence-corrected chi connectivity index (χ1v) is 5.50. The summed E-state index contributed by atoms with van der Waals surface area (Å²) in [6.07, 6.45) is 6.59. The van der Waals surface area contributed by atoms with Crippen molar-refractivity contribution in [1.29, 1.82) is 0 Å². The second kappa shape index (κ2) is 4.94. The quantitative estimate of drug-likeness (QED) is 0.815. The number of carboxylic acids is 1. The summed E-state index contributed by atoms with van der Waals surface area (Å²) >= 11 is 0. The van der Waals surface area contributed by atoms with Crippen LogP contribution in [-0.4, -0.2) is 23.7 Å². The highest BCUT2D eigenvalue weighted by atomic mass is 16.4. The summed E-state index contributed by atoms with van der Waals surface area (Å²) in [4.78, 5) is 10.7. The van der Waals surface area contributed by atoms with E-state index in [1.165, 1.54) is 12.8 Å². The first kappa shape index (κ1) is 10.9. The van der Waals surface area contributed by atoms with Crippen LogP contribution >= 0.6 is 0 Å². The Labute approximate surface area is 94.8 Å². The summed E-state index contributed by atoms with van der Waals surface area (Å²) in [6, 6.07) is 7.39. The van der Waals surface area contributed by atoms with Gasteiger partial charge in [-0.2, -0.15) is 0 Å². The zero-order chi connectivity index (χ0) is 11.4. The van der Waals surface area contributed by atoms with Gasteiger partial charge in [0, 0.05) is 6.04 Å². The molecule has 1 aliphatic rings. The standard InChI is InChI=1S/C13H15NO2/c15-13(16)11-6-3-10(4-7-11)5-8-12-2-1-9-14-12/h3-8,12,14H,1-2,9H2,(H,15,16). The zero-order valence-electron chi connectivity index (χ0n) is 9.02. The van der Waals surface area contributed by atoms with Gasteiger partial charge in [-0.25, -0.2) is 4.79 Å². The van der Waals surface area contributed by atoms with Crippen LogP contribution in [0.15, 0.2) is 30.3 Å². The number of aromatic carboxylic acids is 1. The van der Waals surface area contributed by atoms with Crippen molar-refractivity contribution in [3.05, 3.63) is 41.5 Å². The van der Waals surface area contributed by atoms with E-state index >= 15 is 0 Å². The Balaban J connectivity index is 2.01. The molecule has 3 heteroatoms. The largest absolute Gasteiger partial charge is 0.478 e. The van der Waals surface area contributed by atoms with Gasteiger partial charge in [-0.1, -0.05) is 24.3 Å². The molecule has 1 unspecified atom stereocenters. The van der Waals surface area contributed by atoms with Crippen molar-refractivity contribution in [2.45, 2.75) is 18.9 Å². The monoisotopic (exact) mass is 217 g/mol. The van der Waals surface area contributed by atoms with Crippen LogP contribution in [0.2, 0.25) is 0 Å². The minimum atomic E-state index is -0.881. The molecule has 0 radical (unpaired) electrons. The zero-order valence-corrected chi connectivity index (χ0v) is 9.02. The first-order valence-electron chi connectivity index (χ1n) is 5.50. The third kappa shape index (κ3) is 2.70. The molecule has 0 bridgehead atoms. The molecule has 1 saturated heterocycles. The van der Waals surface area contributed by atoms with Gasteiger partial charge >= 0.3 is 5.97 Å². The molecule has 0 aliphatic carbocycles. The number of carbonyl (C=O) groups is 1. The molecule has 1 atom stereocenters. The third-order valence-electron chi connectivity index (χ3n) is 2.78. The van der Waals surface area contributed by atoms with Gasteiger partial charge in [0.25, 0.3) is 0 Å². The Hall–Kier alpha value is -1.61. The Morgan fingerprint density at radius 3 is 2.69 bits per heavy atom. The van der Waals surface area contributed by atoms with Gasteiger partial charge < -0.3 is 10.4 Å². The second-order valence-corrected chi connectivity index (χ2v) is 3.99. The van der Waals surface area contributed by atoms with Crippen LogP contribution in [-0.2, 0) is 0 Å². The highest BCUT2D eigenvalue weighted by molar-refractivity contribution is 5.87. The summed E-state index contributed by atoms with van der Waals surface area (Å²) in [6.45, 7) is 1.09. The van der Waals surface area contributed by atoms with Crippen LogP contribution in [0, 0.1) is 0 Å². The van der Waals surface area contributed by atoms with Crippen molar-refractivity contribution in [1.82, 2.24) is 5.32 Å². The molecule has 1 fully saturated rings. The average Bonchev–Trinajstić information content (AvgIpc) is 2.80. The van der Waals surface area contributed by atoms with Gasteiger partial charge in [-0.3, -0.25) is 0 Å². The van der Waals surface area contributed by atoms with E-state index in [2.05, 4.69) is 11.4 Å².